The van der Waals surface area contributed by atoms with Gasteiger partial charge in [0.05, 0.1) is 5.69 Å². The minimum absolute atomic E-state index is 0.178. The van der Waals surface area contributed by atoms with Crippen molar-refractivity contribution in [2.24, 2.45) is 0 Å². The summed E-state index contributed by atoms with van der Waals surface area (Å²) in [7, 11) is 0. The second kappa shape index (κ2) is 8.57. The summed E-state index contributed by atoms with van der Waals surface area (Å²) in [6.07, 6.45) is 5.52. The molecule has 1 fully saturated rings. The van der Waals surface area contributed by atoms with Crippen LogP contribution in [-0.2, 0) is 9.59 Å². The molecule has 1 aliphatic heterocycles. The minimum Gasteiger partial charge on any atom is -0.354 e. The Bertz CT molecular complexity index is 865. The highest BCUT2D eigenvalue weighted by molar-refractivity contribution is 5.80. The highest BCUT2D eigenvalue weighted by Crippen LogP contribution is 2.14. The van der Waals surface area contributed by atoms with Crippen molar-refractivity contribution < 1.29 is 9.59 Å². The lowest BCUT2D eigenvalue weighted by Crippen LogP contribution is -2.38. The summed E-state index contributed by atoms with van der Waals surface area (Å²) in [5.41, 5.74) is 1.01. The van der Waals surface area contributed by atoms with Crippen LogP contribution >= 0.6 is 0 Å². The Balaban J connectivity index is 1.59. The van der Waals surface area contributed by atoms with Crippen molar-refractivity contribution in [1.29, 1.82) is 0 Å². The van der Waals surface area contributed by atoms with Crippen LogP contribution in [0.15, 0.2) is 41.5 Å². The second-order valence-corrected chi connectivity index (χ2v) is 6.55. The number of hydrogen-bond donors (Lipinski definition) is 1. The summed E-state index contributed by atoms with van der Waals surface area (Å²) in [6.45, 7) is 3.52. The number of likely N-dealkylation sites (tertiary alicyclic amines) is 1. The van der Waals surface area contributed by atoms with E-state index in [1.54, 1.807) is 31.5 Å². The van der Waals surface area contributed by atoms with Crippen LogP contribution in [0.2, 0.25) is 0 Å². The van der Waals surface area contributed by atoms with E-state index in [0.29, 0.717) is 31.6 Å². The van der Waals surface area contributed by atoms with Gasteiger partial charge in [-0.05, 0) is 38.0 Å². The van der Waals surface area contributed by atoms with Crippen LogP contribution in [0.1, 0.15) is 32.2 Å². The Kier molecular flexibility index (Phi) is 5.95. The maximum atomic E-state index is 12.4. The lowest BCUT2D eigenvalue weighted by atomic mass is 10.2. The van der Waals surface area contributed by atoms with Crippen LogP contribution in [0.4, 0.5) is 0 Å². The van der Waals surface area contributed by atoms with Gasteiger partial charge in [0.2, 0.25) is 11.8 Å². The summed E-state index contributed by atoms with van der Waals surface area (Å²) in [4.78, 5) is 42.0. The molecule has 0 bridgehead atoms. The highest BCUT2D eigenvalue weighted by atomic mass is 16.2. The van der Waals surface area contributed by atoms with Crippen molar-refractivity contribution in [3.8, 4) is 11.3 Å². The van der Waals surface area contributed by atoms with Crippen LogP contribution in [-0.4, -0.2) is 51.1 Å². The van der Waals surface area contributed by atoms with Gasteiger partial charge in [-0.2, -0.15) is 5.10 Å². The number of carbonyl (C=O) groups is 2. The van der Waals surface area contributed by atoms with E-state index >= 15 is 0 Å². The van der Waals surface area contributed by atoms with Crippen molar-refractivity contribution >= 4 is 11.8 Å². The zero-order valence-corrected chi connectivity index (χ0v) is 15.3. The second-order valence-electron chi connectivity index (χ2n) is 6.55. The van der Waals surface area contributed by atoms with Crippen LogP contribution in [0, 0.1) is 0 Å². The molecule has 1 aliphatic rings. The van der Waals surface area contributed by atoms with E-state index in [0.717, 1.165) is 18.5 Å². The van der Waals surface area contributed by atoms with Gasteiger partial charge in [0.15, 0.2) is 0 Å². The van der Waals surface area contributed by atoms with Gasteiger partial charge in [-0.25, -0.2) is 4.68 Å². The maximum absolute atomic E-state index is 12.4. The first-order valence-electron chi connectivity index (χ1n) is 9.12. The number of nitrogens with zero attached hydrogens (tertiary/aromatic N) is 4. The van der Waals surface area contributed by atoms with E-state index in [1.165, 1.54) is 10.7 Å². The standard InChI is InChI=1S/C19H23N5O3/c1-14(19(27)21-10-4-12-23-11-3-6-17(23)25)24-18(26)8-7-16(22-24)15-5-2-9-20-13-15/h2,5,7-9,13-14H,3-4,6,10-12H2,1H3,(H,21,27). The Morgan fingerprint density at radius 1 is 1.30 bits per heavy atom. The zero-order valence-electron chi connectivity index (χ0n) is 15.3. The SMILES string of the molecule is CC(C(=O)NCCCN1CCCC1=O)n1nc(-c2cccnc2)ccc1=O. The van der Waals surface area contributed by atoms with Crippen molar-refractivity contribution in [3.63, 3.8) is 0 Å². The normalized spacial score (nSPS) is 15.0. The van der Waals surface area contributed by atoms with Crippen LogP contribution in [0.5, 0.6) is 0 Å². The van der Waals surface area contributed by atoms with Gasteiger partial charge in [0, 0.05) is 50.1 Å². The Hall–Kier alpha value is -3.03. The molecular formula is C19H23N5O3. The molecule has 8 heteroatoms. The smallest absolute Gasteiger partial charge is 0.267 e. The van der Waals surface area contributed by atoms with Crippen molar-refractivity contribution in [1.82, 2.24) is 25.0 Å². The average molecular weight is 369 g/mol. The Morgan fingerprint density at radius 2 is 2.15 bits per heavy atom. The molecule has 0 aliphatic carbocycles. The number of aromatic nitrogens is 3. The molecule has 2 aromatic rings. The third-order valence-electron chi connectivity index (χ3n) is 4.60. The van der Waals surface area contributed by atoms with E-state index in [2.05, 4.69) is 15.4 Å². The fourth-order valence-corrected chi connectivity index (χ4v) is 3.05. The van der Waals surface area contributed by atoms with E-state index < -0.39 is 6.04 Å². The third-order valence-corrected chi connectivity index (χ3v) is 4.60. The van der Waals surface area contributed by atoms with E-state index in [9.17, 15) is 14.4 Å². The fourth-order valence-electron chi connectivity index (χ4n) is 3.05. The minimum atomic E-state index is -0.734. The largest absolute Gasteiger partial charge is 0.354 e. The summed E-state index contributed by atoms with van der Waals surface area (Å²) in [5, 5.41) is 7.13. The Labute approximate surface area is 157 Å². The summed E-state index contributed by atoms with van der Waals surface area (Å²) >= 11 is 0. The fraction of sp³-hybridized carbons (Fsp3) is 0.421. The molecule has 1 N–H and O–H groups in total. The van der Waals surface area contributed by atoms with E-state index in [4.69, 9.17) is 0 Å². The topological polar surface area (TPSA) is 97.2 Å². The average Bonchev–Trinajstić information content (AvgIpc) is 3.10. The predicted molar refractivity (Wildman–Crippen MR) is 99.9 cm³/mol. The quantitative estimate of drug-likeness (QED) is 0.734. The van der Waals surface area contributed by atoms with E-state index in [-0.39, 0.29) is 17.4 Å². The maximum Gasteiger partial charge on any atom is 0.267 e. The lowest BCUT2D eigenvalue weighted by molar-refractivity contribution is -0.127. The molecule has 0 aromatic carbocycles. The molecular weight excluding hydrogens is 346 g/mol. The number of nitrogens with one attached hydrogen (secondary N) is 1. The van der Waals surface area contributed by atoms with Gasteiger partial charge in [-0.15, -0.1) is 0 Å². The highest BCUT2D eigenvalue weighted by Gasteiger charge is 2.20. The predicted octanol–water partition coefficient (Wildman–Crippen LogP) is 0.995. The molecule has 1 atom stereocenters. The summed E-state index contributed by atoms with van der Waals surface area (Å²) in [5.74, 6) is -0.0988. The monoisotopic (exact) mass is 369 g/mol. The molecule has 3 heterocycles. The molecule has 0 radical (unpaired) electrons. The van der Waals surface area contributed by atoms with Gasteiger partial charge >= 0.3 is 0 Å². The van der Waals surface area contributed by atoms with Crippen molar-refractivity contribution in [3.05, 3.63) is 47.0 Å². The zero-order chi connectivity index (χ0) is 19.2. The molecule has 1 unspecified atom stereocenters. The molecule has 0 spiro atoms. The lowest BCUT2D eigenvalue weighted by Gasteiger charge is -2.17. The summed E-state index contributed by atoms with van der Waals surface area (Å²) in [6, 6.07) is 5.91. The Morgan fingerprint density at radius 3 is 2.85 bits per heavy atom. The first-order valence-corrected chi connectivity index (χ1v) is 9.12. The van der Waals surface area contributed by atoms with Gasteiger partial charge < -0.3 is 10.2 Å². The van der Waals surface area contributed by atoms with Gasteiger partial charge in [-0.1, -0.05) is 0 Å². The number of carbonyl (C=O) groups excluding carboxylic acids is 2. The third kappa shape index (κ3) is 4.58. The first kappa shape index (κ1) is 18.8. The van der Waals surface area contributed by atoms with Gasteiger partial charge in [0.1, 0.15) is 6.04 Å². The van der Waals surface area contributed by atoms with Crippen LogP contribution in [0.25, 0.3) is 11.3 Å². The summed E-state index contributed by atoms with van der Waals surface area (Å²) < 4.78 is 1.18. The van der Waals surface area contributed by atoms with E-state index in [1.807, 2.05) is 11.0 Å². The number of rotatable bonds is 7. The number of hydrogen-bond acceptors (Lipinski definition) is 5. The molecule has 8 nitrogen and oxygen atoms in total. The molecule has 142 valence electrons. The van der Waals surface area contributed by atoms with Crippen LogP contribution in [0.3, 0.4) is 0 Å². The van der Waals surface area contributed by atoms with Crippen molar-refractivity contribution in [2.45, 2.75) is 32.2 Å². The number of amides is 2. The van der Waals surface area contributed by atoms with Gasteiger partial charge in [-0.3, -0.25) is 19.4 Å². The molecule has 1 saturated heterocycles. The molecule has 2 amide bonds. The van der Waals surface area contributed by atoms with Crippen LogP contribution < -0.4 is 10.9 Å². The van der Waals surface area contributed by atoms with Crippen molar-refractivity contribution in [2.75, 3.05) is 19.6 Å². The van der Waals surface area contributed by atoms with Gasteiger partial charge in [0.25, 0.3) is 5.56 Å². The molecule has 0 saturated carbocycles. The first-order chi connectivity index (χ1) is 13.1. The molecule has 27 heavy (non-hydrogen) atoms. The number of pyridine rings is 1. The molecule has 3 rings (SSSR count). The molecule has 2 aromatic heterocycles.